The average molecular weight is 452 g/mol. The lowest BCUT2D eigenvalue weighted by atomic mass is 9.95. The topological polar surface area (TPSA) is 96.9 Å². The standard InChI is InChI=1S/C22H21N5O2S2/c1-12(28)24-22-26-17-8-7-13(10-18(17)30-22)14-9-16-19(27-31-21(16)23-11-14)20(29)25-15-5-3-2-4-6-15/h7-11,15H,2-6H2,1H3,(H,25,29)(H,24,26,28). The minimum absolute atomic E-state index is 0.116. The molecule has 2 amide bonds. The fraction of sp³-hybridized carbons (Fsp3) is 0.318. The van der Waals surface area contributed by atoms with E-state index in [-0.39, 0.29) is 17.9 Å². The summed E-state index contributed by atoms with van der Waals surface area (Å²) in [5.74, 6) is -0.257. The van der Waals surface area contributed by atoms with Gasteiger partial charge in [-0.1, -0.05) is 36.7 Å². The molecule has 0 spiro atoms. The second-order valence-corrected chi connectivity index (χ2v) is 9.58. The highest BCUT2D eigenvalue weighted by atomic mass is 32.1. The van der Waals surface area contributed by atoms with Crippen LogP contribution in [0.2, 0.25) is 0 Å². The van der Waals surface area contributed by atoms with Crippen molar-refractivity contribution in [3.63, 3.8) is 0 Å². The monoisotopic (exact) mass is 451 g/mol. The Labute approximate surface area is 187 Å². The van der Waals surface area contributed by atoms with E-state index in [4.69, 9.17) is 0 Å². The first-order chi connectivity index (χ1) is 15.1. The molecule has 3 heterocycles. The summed E-state index contributed by atoms with van der Waals surface area (Å²) in [4.78, 5) is 33.9. The van der Waals surface area contributed by atoms with Gasteiger partial charge in [-0.3, -0.25) is 9.59 Å². The summed E-state index contributed by atoms with van der Waals surface area (Å²) >= 11 is 2.68. The molecule has 158 valence electrons. The van der Waals surface area contributed by atoms with E-state index in [1.165, 1.54) is 36.2 Å². The number of pyridine rings is 1. The number of hydrogen-bond donors (Lipinski definition) is 2. The Hall–Kier alpha value is -2.91. The van der Waals surface area contributed by atoms with Crippen molar-refractivity contribution in [3.05, 3.63) is 36.2 Å². The van der Waals surface area contributed by atoms with Crippen molar-refractivity contribution in [2.45, 2.75) is 45.1 Å². The number of fused-ring (bicyclic) bond motifs is 2. The van der Waals surface area contributed by atoms with Crippen LogP contribution in [0.5, 0.6) is 0 Å². The molecule has 0 aliphatic heterocycles. The summed E-state index contributed by atoms with van der Waals surface area (Å²) < 4.78 is 5.37. The first-order valence-corrected chi connectivity index (χ1v) is 11.9. The van der Waals surface area contributed by atoms with Crippen molar-refractivity contribution in [1.82, 2.24) is 19.7 Å². The molecule has 0 atom stereocenters. The van der Waals surface area contributed by atoms with Gasteiger partial charge in [0.05, 0.1) is 10.2 Å². The third kappa shape index (κ3) is 4.15. The fourth-order valence-corrected chi connectivity index (χ4v) is 5.63. The highest BCUT2D eigenvalue weighted by Crippen LogP contribution is 2.32. The van der Waals surface area contributed by atoms with Gasteiger partial charge in [-0.05, 0) is 48.1 Å². The summed E-state index contributed by atoms with van der Waals surface area (Å²) in [6.45, 7) is 1.47. The minimum atomic E-state index is -0.141. The first kappa shape index (κ1) is 20.0. The lowest BCUT2D eigenvalue weighted by Crippen LogP contribution is -2.36. The quantitative estimate of drug-likeness (QED) is 0.456. The molecule has 5 rings (SSSR count). The van der Waals surface area contributed by atoms with Crippen LogP contribution in [0.1, 0.15) is 49.5 Å². The number of hydrogen-bond acceptors (Lipinski definition) is 7. The van der Waals surface area contributed by atoms with Crippen molar-refractivity contribution < 1.29 is 9.59 Å². The van der Waals surface area contributed by atoms with Crippen molar-refractivity contribution in [1.29, 1.82) is 0 Å². The Morgan fingerprint density at radius 2 is 1.94 bits per heavy atom. The van der Waals surface area contributed by atoms with E-state index in [1.54, 1.807) is 6.20 Å². The summed E-state index contributed by atoms with van der Waals surface area (Å²) in [7, 11) is 0. The largest absolute Gasteiger partial charge is 0.348 e. The van der Waals surface area contributed by atoms with E-state index >= 15 is 0 Å². The van der Waals surface area contributed by atoms with Crippen molar-refractivity contribution in [2.75, 3.05) is 5.32 Å². The number of amides is 2. The SMILES string of the molecule is CC(=O)Nc1nc2ccc(-c3cnc4snc(C(=O)NC5CCCCC5)c4c3)cc2s1. The van der Waals surface area contributed by atoms with Gasteiger partial charge >= 0.3 is 0 Å². The van der Waals surface area contributed by atoms with E-state index in [1.807, 2.05) is 24.3 Å². The Balaban J connectivity index is 1.45. The Morgan fingerprint density at radius 3 is 2.74 bits per heavy atom. The van der Waals surface area contributed by atoms with Gasteiger partial charge < -0.3 is 10.6 Å². The van der Waals surface area contributed by atoms with Gasteiger partial charge in [0.1, 0.15) is 4.83 Å². The van der Waals surface area contributed by atoms with E-state index in [9.17, 15) is 9.59 Å². The molecular weight excluding hydrogens is 430 g/mol. The highest BCUT2D eigenvalue weighted by Gasteiger charge is 2.21. The number of benzene rings is 1. The van der Waals surface area contributed by atoms with Crippen molar-refractivity contribution in [3.8, 4) is 11.1 Å². The number of aromatic nitrogens is 3. The number of carbonyl (C=O) groups is 2. The average Bonchev–Trinajstić information content (AvgIpc) is 3.36. The second-order valence-electron chi connectivity index (χ2n) is 7.80. The fourth-order valence-electron chi connectivity index (χ4n) is 3.96. The van der Waals surface area contributed by atoms with Gasteiger partial charge in [0, 0.05) is 30.1 Å². The maximum Gasteiger partial charge on any atom is 0.271 e. The number of anilines is 1. The summed E-state index contributed by atoms with van der Waals surface area (Å²) in [6, 6.07) is 8.16. The molecule has 0 bridgehead atoms. The molecule has 31 heavy (non-hydrogen) atoms. The molecule has 0 radical (unpaired) electrons. The van der Waals surface area contributed by atoms with Crippen LogP contribution in [0.15, 0.2) is 30.5 Å². The maximum atomic E-state index is 12.9. The molecule has 2 N–H and O–H groups in total. The number of rotatable bonds is 4. The summed E-state index contributed by atoms with van der Waals surface area (Å²) in [5, 5.41) is 7.24. The normalized spacial score (nSPS) is 14.7. The molecule has 4 aromatic rings. The molecule has 0 saturated heterocycles. The van der Waals surface area contributed by atoms with Gasteiger partial charge in [-0.25, -0.2) is 9.97 Å². The lowest BCUT2D eigenvalue weighted by molar-refractivity contribution is -0.114. The number of nitrogens with zero attached hydrogens (tertiary/aromatic N) is 3. The molecule has 1 aliphatic rings. The zero-order chi connectivity index (χ0) is 21.4. The van der Waals surface area contributed by atoms with Crippen LogP contribution >= 0.6 is 22.9 Å². The predicted octanol–water partition coefficient (Wildman–Crippen LogP) is 4.99. The van der Waals surface area contributed by atoms with Gasteiger partial charge in [0.15, 0.2) is 10.8 Å². The zero-order valence-corrected chi connectivity index (χ0v) is 18.6. The molecular formula is C22H21N5O2S2. The maximum absolute atomic E-state index is 12.9. The highest BCUT2D eigenvalue weighted by molar-refractivity contribution is 7.22. The molecule has 0 unspecified atom stereocenters. The summed E-state index contributed by atoms with van der Waals surface area (Å²) in [5.41, 5.74) is 3.17. The van der Waals surface area contributed by atoms with Crippen LogP contribution in [0.3, 0.4) is 0 Å². The Morgan fingerprint density at radius 1 is 1.10 bits per heavy atom. The third-order valence-electron chi connectivity index (χ3n) is 5.49. The number of carbonyl (C=O) groups excluding carboxylic acids is 2. The van der Waals surface area contributed by atoms with Crippen LogP contribution in [-0.2, 0) is 4.79 Å². The van der Waals surface area contributed by atoms with Gasteiger partial charge in [0.2, 0.25) is 5.91 Å². The van der Waals surface area contributed by atoms with Crippen LogP contribution in [0.4, 0.5) is 5.13 Å². The Kier molecular flexibility index (Phi) is 5.37. The number of nitrogens with one attached hydrogen (secondary N) is 2. The van der Waals surface area contributed by atoms with Crippen molar-refractivity contribution in [2.24, 2.45) is 0 Å². The van der Waals surface area contributed by atoms with Crippen LogP contribution in [0, 0.1) is 0 Å². The van der Waals surface area contributed by atoms with E-state index in [2.05, 4.69) is 25.0 Å². The second kappa shape index (κ2) is 8.32. The molecule has 1 fully saturated rings. The number of thiazole rings is 1. The molecule has 9 heteroatoms. The predicted molar refractivity (Wildman–Crippen MR) is 125 cm³/mol. The smallest absolute Gasteiger partial charge is 0.271 e. The third-order valence-corrected chi connectivity index (χ3v) is 7.20. The molecule has 3 aromatic heterocycles. The Bertz CT molecular complexity index is 1290. The van der Waals surface area contributed by atoms with Crippen LogP contribution in [0.25, 0.3) is 31.6 Å². The van der Waals surface area contributed by atoms with Gasteiger partial charge in [-0.15, -0.1) is 0 Å². The minimum Gasteiger partial charge on any atom is -0.348 e. The van der Waals surface area contributed by atoms with Crippen LogP contribution < -0.4 is 10.6 Å². The van der Waals surface area contributed by atoms with E-state index in [0.717, 1.165) is 57.2 Å². The van der Waals surface area contributed by atoms with E-state index in [0.29, 0.717) is 10.8 Å². The summed E-state index contributed by atoms with van der Waals surface area (Å²) in [6.07, 6.45) is 7.45. The van der Waals surface area contributed by atoms with Gasteiger partial charge in [-0.2, -0.15) is 4.37 Å². The van der Waals surface area contributed by atoms with Gasteiger partial charge in [0.25, 0.3) is 5.91 Å². The molecule has 1 saturated carbocycles. The molecule has 7 nitrogen and oxygen atoms in total. The van der Waals surface area contributed by atoms with Crippen LogP contribution in [-0.4, -0.2) is 32.2 Å². The van der Waals surface area contributed by atoms with Crippen molar-refractivity contribution >= 4 is 60.2 Å². The molecule has 1 aliphatic carbocycles. The molecule has 1 aromatic carbocycles. The first-order valence-electron chi connectivity index (χ1n) is 10.3. The zero-order valence-electron chi connectivity index (χ0n) is 17.0. The lowest BCUT2D eigenvalue weighted by Gasteiger charge is -2.22. The van der Waals surface area contributed by atoms with E-state index < -0.39 is 0 Å².